The van der Waals surface area contributed by atoms with Gasteiger partial charge in [0.2, 0.25) is 0 Å². The number of benzene rings is 2. The molecule has 0 aromatic heterocycles. The van der Waals surface area contributed by atoms with Gasteiger partial charge in [-0.15, -0.1) is 0 Å². The first kappa shape index (κ1) is 19.0. The Morgan fingerprint density at radius 1 is 1.04 bits per heavy atom. The molecular formula is C20H21N3O3S2. The third-order valence-electron chi connectivity index (χ3n) is 4.70. The predicted molar refractivity (Wildman–Crippen MR) is 115 cm³/mol. The Morgan fingerprint density at radius 2 is 1.71 bits per heavy atom. The monoisotopic (exact) mass is 415 g/mol. The van der Waals surface area contributed by atoms with Gasteiger partial charge < -0.3 is 10.6 Å². The fraction of sp³-hybridized carbons (Fsp3) is 0.300. The highest BCUT2D eigenvalue weighted by Gasteiger charge is 2.42. The number of thioether (sulfide) groups is 1. The molecule has 146 valence electrons. The fourth-order valence-corrected chi connectivity index (χ4v) is 7.17. The third kappa shape index (κ3) is 4.23. The summed E-state index contributed by atoms with van der Waals surface area (Å²) in [6.07, 6.45) is 0. The van der Waals surface area contributed by atoms with Crippen molar-refractivity contribution in [3.05, 3.63) is 59.2 Å². The number of nitrogens with zero attached hydrogens (tertiary/aromatic N) is 1. The summed E-state index contributed by atoms with van der Waals surface area (Å²) in [5, 5.41) is 6.88. The molecule has 2 aliphatic heterocycles. The van der Waals surface area contributed by atoms with Crippen LogP contribution in [0.1, 0.15) is 21.5 Å². The number of aryl methyl sites for hydroxylation is 2. The van der Waals surface area contributed by atoms with Crippen LogP contribution in [0.5, 0.6) is 0 Å². The summed E-state index contributed by atoms with van der Waals surface area (Å²) < 4.78 is 23.3. The van der Waals surface area contributed by atoms with Crippen molar-refractivity contribution in [1.29, 1.82) is 0 Å². The molecule has 4 rings (SSSR count). The zero-order chi connectivity index (χ0) is 19.9. The number of nitrogens with one attached hydrogen (secondary N) is 2. The Morgan fingerprint density at radius 3 is 2.36 bits per heavy atom. The summed E-state index contributed by atoms with van der Waals surface area (Å²) >= 11 is 1.47. The van der Waals surface area contributed by atoms with Crippen LogP contribution in [0.4, 0.5) is 11.4 Å². The van der Waals surface area contributed by atoms with Gasteiger partial charge in [0.25, 0.3) is 5.91 Å². The maximum absolute atomic E-state index is 12.5. The summed E-state index contributed by atoms with van der Waals surface area (Å²) in [6, 6.07) is 12.9. The lowest BCUT2D eigenvalue weighted by Gasteiger charge is -2.09. The van der Waals surface area contributed by atoms with E-state index in [1.54, 1.807) is 12.1 Å². The van der Waals surface area contributed by atoms with Crippen molar-refractivity contribution < 1.29 is 13.2 Å². The molecule has 2 heterocycles. The van der Waals surface area contributed by atoms with E-state index in [4.69, 9.17) is 0 Å². The van der Waals surface area contributed by atoms with Crippen LogP contribution in [0.25, 0.3) is 0 Å². The number of carbonyl (C=O) groups is 1. The first-order valence-electron chi connectivity index (χ1n) is 8.99. The van der Waals surface area contributed by atoms with Crippen LogP contribution >= 0.6 is 11.8 Å². The van der Waals surface area contributed by atoms with Gasteiger partial charge in [0.05, 0.1) is 17.5 Å². The second-order valence-corrected chi connectivity index (χ2v) is 10.6. The minimum absolute atomic E-state index is 0.00957. The lowest BCUT2D eigenvalue weighted by molar-refractivity contribution is 0.102. The maximum atomic E-state index is 12.5. The quantitative estimate of drug-likeness (QED) is 0.804. The van der Waals surface area contributed by atoms with Gasteiger partial charge in [0.1, 0.15) is 0 Å². The van der Waals surface area contributed by atoms with Crippen molar-refractivity contribution in [3.63, 3.8) is 0 Å². The molecule has 0 saturated carbocycles. The van der Waals surface area contributed by atoms with Gasteiger partial charge in [-0.05, 0) is 61.4 Å². The number of aliphatic imine (C=N–C) groups is 1. The molecule has 28 heavy (non-hydrogen) atoms. The molecule has 0 spiro atoms. The predicted octanol–water partition coefficient (Wildman–Crippen LogP) is 3.24. The average molecular weight is 416 g/mol. The van der Waals surface area contributed by atoms with Gasteiger partial charge in [0.15, 0.2) is 15.0 Å². The van der Waals surface area contributed by atoms with Gasteiger partial charge in [-0.25, -0.2) is 8.42 Å². The van der Waals surface area contributed by atoms with Crippen LogP contribution in [-0.4, -0.2) is 42.3 Å². The van der Waals surface area contributed by atoms with Gasteiger partial charge in [-0.1, -0.05) is 17.8 Å². The molecule has 2 aliphatic rings. The van der Waals surface area contributed by atoms with E-state index in [0.29, 0.717) is 5.56 Å². The molecule has 2 atom stereocenters. The first-order chi connectivity index (χ1) is 13.3. The Hall–Kier alpha value is -2.32. The molecule has 1 saturated heterocycles. The number of carbonyl (C=O) groups excluding carboxylic acids is 1. The number of rotatable bonds is 3. The van der Waals surface area contributed by atoms with Crippen LogP contribution in [-0.2, 0) is 9.84 Å². The Kier molecular flexibility index (Phi) is 4.93. The number of amides is 1. The molecule has 8 heteroatoms. The molecule has 1 fully saturated rings. The summed E-state index contributed by atoms with van der Waals surface area (Å²) in [5.74, 6) is 0.158. The number of amidine groups is 1. The fourth-order valence-electron chi connectivity index (χ4n) is 3.49. The highest BCUT2D eigenvalue weighted by Crippen LogP contribution is 2.34. The molecule has 2 N–H and O–H groups in total. The third-order valence-corrected chi connectivity index (χ3v) is 7.84. The van der Waals surface area contributed by atoms with E-state index in [1.165, 1.54) is 11.8 Å². The Labute approximate surface area is 168 Å². The van der Waals surface area contributed by atoms with Crippen molar-refractivity contribution in [2.24, 2.45) is 4.99 Å². The van der Waals surface area contributed by atoms with E-state index >= 15 is 0 Å². The van der Waals surface area contributed by atoms with Crippen LogP contribution in [0, 0.1) is 13.8 Å². The summed E-state index contributed by atoms with van der Waals surface area (Å²) in [4.78, 5) is 17.0. The number of hydrogen-bond acceptors (Lipinski definition) is 6. The van der Waals surface area contributed by atoms with E-state index in [0.717, 1.165) is 27.7 Å². The lowest BCUT2D eigenvalue weighted by atomic mass is 10.1. The largest absolute Gasteiger partial charge is 0.335 e. The highest BCUT2D eigenvalue weighted by atomic mass is 32.2. The summed E-state index contributed by atoms with van der Waals surface area (Å²) in [7, 11) is -2.95. The number of hydrogen-bond donors (Lipinski definition) is 2. The van der Waals surface area contributed by atoms with Crippen LogP contribution < -0.4 is 10.6 Å². The SMILES string of the molecule is Cc1cc(C)cc(NC(=O)c2ccc(NC3=N[C@@H]4CS(=O)(=O)C[C@@H]4S3)cc2)c1. The van der Waals surface area contributed by atoms with Crippen molar-refractivity contribution in [3.8, 4) is 0 Å². The smallest absolute Gasteiger partial charge is 0.255 e. The van der Waals surface area contributed by atoms with Crippen LogP contribution in [0.3, 0.4) is 0 Å². The highest BCUT2D eigenvalue weighted by molar-refractivity contribution is 8.15. The van der Waals surface area contributed by atoms with Crippen molar-refractivity contribution in [2.75, 3.05) is 22.1 Å². The molecule has 1 amide bonds. The van der Waals surface area contributed by atoms with Gasteiger partial charge in [0, 0.05) is 22.2 Å². The van der Waals surface area contributed by atoms with E-state index in [1.807, 2.05) is 38.1 Å². The molecule has 2 aromatic rings. The zero-order valence-electron chi connectivity index (χ0n) is 15.6. The van der Waals surface area contributed by atoms with Crippen molar-refractivity contribution in [1.82, 2.24) is 0 Å². The molecular weight excluding hydrogens is 394 g/mol. The minimum atomic E-state index is -2.95. The standard InChI is InChI=1S/C20H21N3O3S2/c1-12-7-13(2)9-16(8-12)21-19(24)14-3-5-15(6-4-14)22-20-23-17-10-28(25,26)11-18(17)27-20/h3-9,17-18H,10-11H2,1-2H3,(H,21,24)(H,22,23)/t17-,18+/m1/s1. The van der Waals surface area contributed by atoms with Gasteiger partial charge >= 0.3 is 0 Å². The lowest BCUT2D eigenvalue weighted by Crippen LogP contribution is -2.13. The van der Waals surface area contributed by atoms with Crippen LogP contribution in [0.15, 0.2) is 47.5 Å². The van der Waals surface area contributed by atoms with Crippen LogP contribution in [0.2, 0.25) is 0 Å². The van der Waals surface area contributed by atoms with Gasteiger partial charge in [-0.2, -0.15) is 0 Å². The first-order valence-corrected chi connectivity index (χ1v) is 11.7. The topological polar surface area (TPSA) is 87.6 Å². The molecule has 0 aliphatic carbocycles. The molecule has 0 unspecified atom stereocenters. The maximum Gasteiger partial charge on any atom is 0.255 e. The average Bonchev–Trinajstić information content (AvgIpc) is 3.07. The van der Waals surface area contributed by atoms with E-state index in [9.17, 15) is 13.2 Å². The second kappa shape index (κ2) is 7.25. The molecule has 2 aromatic carbocycles. The molecule has 0 radical (unpaired) electrons. The summed E-state index contributed by atoms with van der Waals surface area (Å²) in [5.41, 5.74) is 4.36. The van der Waals surface area contributed by atoms with Crippen molar-refractivity contribution >= 4 is 44.0 Å². The normalized spacial score (nSPS) is 22.4. The van der Waals surface area contributed by atoms with Gasteiger partial charge in [-0.3, -0.25) is 9.79 Å². The second-order valence-electron chi connectivity index (χ2n) is 7.27. The zero-order valence-corrected chi connectivity index (χ0v) is 17.2. The molecule has 6 nitrogen and oxygen atoms in total. The Bertz CT molecular complexity index is 1040. The van der Waals surface area contributed by atoms with Crippen molar-refractivity contribution in [2.45, 2.75) is 25.1 Å². The minimum Gasteiger partial charge on any atom is -0.335 e. The summed E-state index contributed by atoms with van der Waals surface area (Å²) in [6.45, 7) is 3.99. The van der Waals surface area contributed by atoms with E-state index in [-0.39, 0.29) is 28.7 Å². The van der Waals surface area contributed by atoms with E-state index < -0.39 is 9.84 Å². The number of fused-ring (bicyclic) bond motifs is 1. The Balaban J connectivity index is 1.39. The number of sulfone groups is 1. The molecule has 0 bridgehead atoms. The van der Waals surface area contributed by atoms with E-state index in [2.05, 4.69) is 21.7 Å². The number of anilines is 2.